The Balaban J connectivity index is 2.17. The minimum absolute atomic E-state index is 0.0673. The van der Waals surface area contributed by atoms with E-state index < -0.39 is 5.97 Å². The molecule has 2 N–H and O–H groups in total. The van der Waals surface area contributed by atoms with Crippen LogP contribution >= 0.6 is 0 Å². The zero-order chi connectivity index (χ0) is 13.8. The molecular weight excluding hydrogens is 248 g/mol. The van der Waals surface area contributed by atoms with E-state index in [0.717, 1.165) is 0 Å². The molecule has 1 heterocycles. The van der Waals surface area contributed by atoms with E-state index in [1.807, 2.05) is 0 Å². The number of carboxylic acids is 1. The minimum Gasteiger partial charge on any atom is -0.475 e. The van der Waals surface area contributed by atoms with Crippen molar-refractivity contribution in [3.8, 4) is 11.3 Å². The van der Waals surface area contributed by atoms with Crippen LogP contribution in [0.15, 0.2) is 34.9 Å². The maximum absolute atomic E-state index is 11.2. The molecule has 0 unspecified atom stereocenters. The van der Waals surface area contributed by atoms with Crippen molar-refractivity contribution >= 4 is 17.6 Å². The lowest BCUT2D eigenvalue weighted by Crippen LogP contribution is -2.08. The quantitative estimate of drug-likeness (QED) is 0.880. The Morgan fingerprint density at radius 1 is 1.32 bits per heavy atom. The second-order valence-corrected chi connectivity index (χ2v) is 3.86. The van der Waals surface area contributed by atoms with E-state index in [0.29, 0.717) is 23.4 Å². The molecule has 0 bridgehead atoms. The summed E-state index contributed by atoms with van der Waals surface area (Å²) in [6.07, 6.45) is 0.410. The second-order valence-electron chi connectivity index (χ2n) is 3.86. The number of benzene rings is 1. The first kappa shape index (κ1) is 12.8. The molecule has 98 valence electrons. The van der Waals surface area contributed by atoms with Crippen molar-refractivity contribution in [1.82, 2.24) is 5.16 Å². The third kappa shape index (κ3) is 2.98. The van der Waals surface area contributed by atoms with Crippen molar-refractivity contribution in [2.24, 2.45) is 0 Å². The third-order valence-electron chi connectivity index (χ3n) is 2.51. The minimum atomic E-state index is -1.16. The number of rotatable bonds is 4. The lowest BCUT2D eigenvalue weighted by Gasteiger charge is -2.03. The standard InChI is InChI=1S/C13H12N2O4/c1-2-12(16)14-9-5-3-8(4-6-9)10-7-11(13(17)18)19-15-10/h3-7H,2H2,1H3,(H,14,16)(H,17,18). The van der Waals surface area contributed by atoms with E-state index >= 15 is 0 Å². The van der Waals surface area contributed by atoms with Gasteiger partial charge in [0.2, 0.25) is 11.7 Å². The fourth-order valence-corrected chi connectivity index (χ4v) is 1.49. The van der Waals surface area contributed by atoms with Crippen molar-refractivity contribution < 1.29 is 19.2 Å². The molecule has 0 spiro atoms. The number of nitrogens with zero attached hydrogens (tertiary/aromatic N) is 1. The molecular formula is C13H12N2O4. The Morgan fingerprint density at radius 2 is 2.00 bits per heavy atom. The Labute approximate surface area is 109 Å². The molecule has 0 saturated heterocycles. The molecule has 2 rings (SSSR count). The third-order valence-corrected chi connectivity index (χ3v) is 2.51. The van der Waals surface area contributed by atoms with Crippen LogP contribution in [0.3, 0.4) is 0 Å². The average molecular weight is 260 g/mol. The van der Waals surface area contributed by atoms with Crippen LogP contribution in [0.1, 0.15) is 23.9 Å². The Kier molecular flexibility index (Phi) is 3.61. The summed E-state index contributed by atoms with van der Waals surface area (Å²) in [5.41, 5.74) is 1.83. The number of aromatic nitrogens is 1. The van der Waals surface area contributed by atoms with Crippen molar-refractivity contribution in [3.05, 3.63) is 36.1 Å². The van der Waals surface area contributed by atoms with E-state index in [9.17, 15) is 9.59 Å². The van der Waals surface area contributed by atoms with Gasteiger partial charge in [0.15, 0.2) is 0 Å². The van der Waals surface area contributed by atoms with Crippen molar-refractivity contribution in [2.45, 2.75) is 13.3 Å². The van der Waals surface area contributed by atoms with Crippen molar-refractivity contribution in [3.63, 3.8) is 0 Å². The largest absolute Gasteiger partial charge is 0.475 e. The van der Waals surface area contributed by atoms with Gasteiger partial charge in [0.25, 0.3) is 0 Å². The van der Waals surface area contributed by atoms with E-state index in [-0.39, 0.29) is 11.7 Å². The maximum atomic E-state index is 11.2. The van der Waals surface area contributed by atoms with Gasteiger partial charge in [0.1, 0.15) is 5.69 Å². The molecule has 0 radical (unpaired) electrons. The highest BCUT2D eigenvalue weighted by Crippen LogP contribution is 2.21. The number of amides is 1. The molecule has 19 heavy (non-hydrogen) atoms. The molecule has 2 aromatic rings. The van der Waals surface area contributed by atoms with Gasteiger partial charge in [-0.05, 0) is 12.1 Å². The first-order chi connectivity index (χ1) is 9.10. The summed E-state index contributed by atoms with van der Waals surface area (Å²) in [5.74, 6) is -1.44. The monoisotopic (exact) mass is 260 g/mol. The summed E-state index contributed by atoms with van der Waals surface area (Å²) in [4.78, 5) is 21.9. The molecule has 6 heteroatoms. The van der Waals surface area contributed by atoms with Crippen LogP contribution in [0, 0.1) is 0 Å². The fourth-order valence-electron chi connectivity index (χ4n) is 1.49. The van der Waals surface area contributed by atoms with Crippen LogP contribution < -0.4 is 5.32 Å². The first-order valence-corrected chi connectivity index (χ1v) is 5.70. The van der Waals surface area contributed by atoms with E-state index in [2.05, 4.69) is 15.0 Å². The predicted molar refractivity (Wildman–Crippen MR) is 67.8 cm³/mol. The highest BCUT2D eigenvalue weighted by molar-refractivity contribution is 5.90. The number of carboxylic acid groups (broad SMARTS) is 1. The van der Waals surface area contributed by atoms with Crippen LogP contribution in [0.25, 0.3) is 11.3 Å². The molecule has 0 aliphatic carbocycles. The molecule has 0 aliphatic heterocycles. The number of anilines is 1. The number of nitrogens with one attached hydrogen (secondary N) is 1. The Hall–Kier alpha value is -2.63. The lowest BCUT2D eigenvalue weighted by molar-refractivity contribution is -0.115. The van der Waals surface area contributed by atoms with Crippen LogP contribution in [0.5, 0.6) is 0 Å². The van der Waals surface area contributed by atoms with E-state index in [1.165, 1.54) is 6.07 Å². The Bertz CT molecular complexity index is 601. The number of aromatic carboxylic acids is 1. The van der Waals surface area contributed by atoms with Gasteiger partial charge >= 0.3 is 5.97 Å². The first-order valence-electron chi connectivity index (χ1n) is 5.70. The number of carbonyl (C=O) groups excluding carboxylic acids is 1. The molecule has 0 saturated carbocycles. The van der Waals surface area contributed by atoms with Crippen LogP contribution in [0.2, 0.25) is 0 Å². The smallest absolute Gasteiger partial charge is 0.374 e. The normalized spacial score (nSPS) is 10.2. The van der Waals surface area contributed by atoms with Gasteiger partial charge in [-0.3, -0.25) is 4.79 Å². The summed E-state index contributed by atoms with van der Waals surface area (Å²) in [5, 5.41) is 15.1. The fraction of sp³-hybridized carbons (Fsp3) is 0.154. The number of carbonyl (C=O) groups is 2. The molecule has 6 nitrogen and oxygen atoms in total. The van der Waals surface area contributed by atoms with Gasteiger partial charge in [-0.15, -0.1) is 0 Å². The predicted octanol–water partition coefficient (Wildman–Crippen LogP) is 2.39. The zero-order valence-corrected chi connectivity index (χ0v) is 10.2. The van der Waals surface area contributed by atoms with Gasteiger partial charge in [-0.2, -0.15) is 0 Å². The van der Waals surface area contributed by atoms with Gasteiger partial charge in [0.05, 0.1) is 0 Å². The summed E-state index contributed by atoms with van der Waals surface area (Å²) in [7, 11) is 0. The maximum Gasteiger partial charge on any atom is 0.374 e. The van der Waals surface area contributed by atoms with Gasteiger partial charge in [-0.25, -0.2) is 4.79 Å². The molecule has 0 atom stereocenters. The summed E-state index contributed by atoms with van der Waals surface area (Å²) >= 11 is 0. The highest BCUT2D eigenvalue weighted by atomic mass is 16.5. The average Bonchev–Trinajstić information content (AvgIpc) is 2.89. The molecule has 1 aromatic carbocycles. The topological polar surface area (TPSA) is 92.4 Å². The van der Waals surface area contributed by atoms with Crippen LogP contribution in [-0.2, 0) is 4.79 Å². The van der Waals surface area contributed by atoms with E-state index in [4.69, 9.17) is 5.11 Å². The van der Waals surface area contributed by atoms with Crippen LogP contribution in [0.4, 0.5) is 5.69 Å². The number of hydrogen-bond acceptors (Lipinski definition) is 4. The summed E-state index contributed by atoms with van der Waals surface area (Å²) < 4.78 is 4.67. The van der Waals surface area contributed by atoms with Crippen molar-refractivity contribution in [2.75, 3.05) is 5.32 Å². The lowest BCUT2D eigenvalue weighted by atomic mass is 10.1. The highest BCUT2D eigenvalue weighted by Gasteiger charge is 2.12. The van der Waals surface area contributed by atoms with Gasteiger partial charge < -0.3 is 14.9 Å². The number of hydrogen-bond donors (Lipinski definition) is 2. The second kappa shape index (κ2) is 5.34. The zero-order valence-electron chi connectivity index (χ0n) is 10.2. The molecule has 0 fully saturated rings. The molecule has 1 aromatic heterocycles. The SMILES string of the molecule is CCC(=O)Nc1ccc(-c2cc(C(=O)O)on2)cc1. The molecule has 0 aliphatic rings. The van der Waals surface area contributed by atoms with E-state index in [1.54, 1.807) is 31.2 Å². The Morgan fingerprint density at radius 3 is 2.53 bits per heavy atom. The summed E-state index contributed by atoms with van der Waals surface area (Å²) in [6.45, 7) is 1.77. The van der Waals surface area contributed by atoms with Gasteiger partial charge in [0, 0.05) is 23.7 Å². The summed E-state index contributed by atoms with van der Waals surface area (Å²) in [6, 6.07) is 8.25. The van der Waals surface area contributed by atoms with Gasteiger partial charge in [-0.1, -0.05) is 24.2 Å². The van der Waals surface area contributed by atoms with Crippen molar-refractivity contribution in [1.29, 1.82) is 0 Å². The molecule has 1 amide bonds. The van der Waals surface area contributed by atoms with Crippen LogP contribution in [-0.4, -0.2) is 22.1 Å².